The van der Waals surface area contributed by atoms with Crippen molar-refractivity contribution in [2.45, 2.75) is 26.8 Å². The predicted molar refractivity (Wildman–Crippen MR) is 109 cm³/mol. The van der Waals surface area contributed by atoms with Crippen LogP contribution in [0.5, 0.6) is 11.5 Å². The fourth-order valence-electron chi connectivity index (χ4n) is 2.83. The van der Waals surface area contributed by atoms with Gasteiger partial charge in [-0.05, 0) is 30.2 Å². The summed E-state index contributed by atoms with van der Waals surface area (Å²) in [6, 6.07) is 13.4. The van der Waals surface area contributed by atoms with Crippen molar-refractivity contribution < 1.29 is 19.1 Å². The van der Waals surface area contributed by atoms with E-state index in [2.05, 4.69) is 5.32 Å². The summed E-state index contributed by atoms with van der Waals surface area (Å²) in [5.74, 6) is 1.15. The van der Waals surface area contributed by atoms with Crippen LogP contribution in [0.15, 0.2) is 42.5 Å². The van der Waals surface area contributed by atoms with Crippen molar-refractivity contribution in [3.63, 3.8) is 0 Å². The van der Waals surface area contributed by atoms with Crippen molar-refractivity contribution in [1.82, 2.24) is 10.2 Å². The summed E-state index contributed by atoms with van der Waals surface area (Å²) in [5, 5.41) is 2.88. The number of carbonyl (C=O) groups excluding carboxylic acids is 2. The molecular weight excluding hydrogens is 356 g/mol. The number of amides is 2. The minimum Gasteiger partial charge on any atom is -0.493 e. The van der Waals surface area contributed by atoms with Crippen LogP contribution >= 0.6 is 0 Å². The van der Waals surface area contributed by atoms with Crippen molar-refractivity contribution in [1.29, 1.82) is 0 Å². The number of benzene rings is 2. The SMILES string of the molecule is COc1ccc(CN(CCNC(=O)Cc2ccc(C)cc2)C(C)=O)cc1OC. The van der Waals surface area contributed by atoms with Crippen molar-refractivity contribution >= 4 is 11.8 Å². The summed E-state index contributed by atoms with van der Waals surface area (Å²) >= 11 is 0. The first kappa shape index (κ1) is 21.3. The summed E-state index contributed by atoms with van der Waals surface area (Å²) in [5.41, 5.74) is 3.06. The molecule has 0 heterocycles. The maximum Gasteiger partial charge on any atom is 0.224 e. The van der Waals surface area contributed by atoms with E-state index in [9.17, 15) is 9.59 Å². The van der Waals surface area contributed by atoms with E-state index in [1.54, 1.807) is 19.1 Å². The second-order valence-corrected chi connectivity index (χ2v) is 6.64. The van der Waals surface area contributed by atoms with Gasteiger partial charge < -0.3 is 19.7 Å². The van der Waals surface area contributed by atoms with Crippen LogP contribution in [0.2, 0.25) is 0 Å². The normalized spacial score (nSPS) is 10.3. The van der Waals surface area contributed by atoms with Crippen LogP contribution in [0, 0.1) is 6.92 Å². The van der Waals surface area contributed by atoms with Gasteiger partial charge in [0, 0.05) is 26.6 Å². The van der Waals surface area contributed by atoms with E-state index < -0.39 is 0 Å². The zero-order valence-electron chi connectivity index (χ0n) is 17.0. The van der Waals surface area contributed by atoms with Gasteiger partial charge in [0.1, 0.15) is 0 Å². The van der Waals surface area contributed by atoms with Gasteiger partial charge in [-0.3, -0.25) is 9.59 Å². The highest BCUT2D eigenvalue weighted by atomic mass is 16.5. The average Bonchev–Trinajstić information content (AvgIpc) is 2.68. The van der Waals surface area contributed by atoms with E-state index in [1.165, 1.54) is 6.92 Å². The van der Waals surface area contributed by atoms with Crippen LogP contribution in [-0.2, 0) is 22.6 Å². The highest BCUT2D eigenvalue weighted by molar-refractivity contribution is 5.78. The van der Waals surface area contributed by atoms with Gasteiger partial charge >= 0.3 is 0 Å². The number of hydrogen-bond donors (Lipinski definition) is 1. The van der Waals surface area contributed by atoms with E-state index in [1.807, 2.05) is 49.4 Å². The van der Waals surface area contributed by atoms with Gasteiger partial charge in [-0.25, -0.2) is 0 Å². The molecule has 0 aliphatic carbocycles. The average molecular weight is 384 g/mol. The van der Waals surface area contributed by atoms with Gasteiger partial charge in [0.2, 0.25) is 11.8 Å². The molecule has 0 aliphatic heterocycles. The fraction of sp³-hybridized carbons (Fsp3) is 0.364. The van der Waals surface area contributed by atoms with Crippen LogP contribution in [0.3, 0.4) is 0 Å². The van der Waals surface area contributed by atoms with Crippen LogP contribution in [0.25, 0.3) is 0 Å². The summed E-state index contributed by atoms with van der Waals surface area (Å²) in [7, 11) is 3.16. The Kier molecular flexibility index (Phi) is 7.87. The Morgan fingerprint density at radius 3 is 2.21 bits per heavy atom. The van der Waals surface area contributed by atoms with E-state index in [0.29, 0.717) is 37.6 Å². The minimum absolute atomic E-state index is 0.0532. The molecule has 0 aliphatic rings. The second-order valence-electron chi connectivity index (χ2n) is 6.64. The second kappa shape index (κ2) is 10.3. The summed E-state index contributed by atoms with van der Waals surface area (Å²) in [6.07, 6.45) is 0.329. The number of carbonyl (C=O) groups is 2. The Bertz CT molecular complexity index is 803. The quantitative estimate of drug-likeness (QED) is 0.722. The van der Waals surface area contributed by atoms with Crippen LogP contribution in [0.4, 0.5) is 0 Å². The standard InChI is InChI=1S/C22H28N2O4/c1-16-5-7-18(8-6-16)14-22(26)23-11-12-24(17(2)25)15-19-9-10-20(27-3)21(13-19)28-4/h5-10,13H,11-12,14-15H2,1-4H3,(H,23,26). The molecule has 2 rings (SSSR count). The molecule has 2 aromatic carbocycles. The Balaban J connectivity index is 1.88. The first-order valence-corrected chi connectivity index (χ1v) is 9.21. The molecule has 28 heavy (non-hydrogen) atoms. The van der Waals surface area contributed by atoms with Crippen LogP contribution < -0.4 is 14.8 Å². The molecule has 150 valence electrons. The number of nitrogens with one attached hydrogen (secondary N) is 1. The van der Waals surface area contributed by atoms with Gasteiger partial charge in [0.15, 0.2) is 11.5 Å². The van der Waals surface area contributed by atoms with Gasteiger partial charge in [-0.15, -0.1) is 0 Å². The largest absolute Gasteiger partial charge is 0.493 e. The van der Waals surface area contributed by atoms with Gasteiger partial charge in [-0.2, -0.15) is 0 Å². The Labute approximate surface area is 166 Å². The molecule has 0 atom stereocenters. The third-order valence-corrected chi connectivity index (χ3v) is 4.46. The van der Waals surface area contributed by atoms with Crippen molar-refractivity contribution in [2.75, 3.05) is 27.3 Å². The first-order valence-electron chi connectivity index (χ1n) is 9.21. The Morgan fingerprint density at radius 2 is 1.61 bits per heavy atom. The molecule has 0 spiro atoms. The zero-order valence-corrected chi connectivity index (χ0v) is 17.0. The number of aryl methyl sites for hydroxylation is 1. The predicted octanol–water partition coefficient (Wildman–Crippen LogP) is 2.72. The lowest BCUT2D eigenvalue weighted by Gasteiger charge is -2.22. The fourth-order valence-corrected chi connectivity index (χ4v) is 2.83. The number of nitrogens with zero attached hydrogens (tertiary/aromatic N) is 1. The zero-order chi connectivity index (χ0) is 20.5. The lowest BCUT2D eigenvalue weighted by Crippen LogP contribution is -2.37. The number of ether oxygens (including phenoxy) is 2. The summed E-state index contributed by atoms with van der Waals surface area (Å²) in [4.78, 5) is 25.8. The molecule has 2 amide bonds. The smallest absolute Gasteiger partial charge is 0.224 e. The molecule has 0 saturated carbocycles. The summed E-state index contributed by atoms with van der Waals surface area (Å²) in [6.45, 7) is 4.80. The van der Waals surface area contributed by atoms with E-state index >= 15 is 0 Å². The number of rotatable bonds is 9. The first-order chi connectivity index (χ1) is 13.4. The van der Waals surface area contributed by atoms with Gasteiger partial charge in [0.25, 0.3) is 0 Å². The van der Waals surface area contributed by atoms with Gasteiger partial charge in [0.05, 0.1) is 20.6 Å². The molecule has 6 nitrogen and oxygen atoms in total. The number of hydrogen-bond acceptors (Lipinski definition) is 4. The molecule has 0 unspecified atom stereocenters. The molecule has 0 saturated heterocycles. The van der Waals surface area contributed by atoms with E-state index in [-0.39, 0.29) is 11.8 Å². The molecule has 1 N–H and O–H groups in total. The highest BCUT2D eigenvalue weighted by Crippen LogP contribution is 2.28. The molecular formula is C22H28N2O4. The molecule has 0 fully saturated rings. The Hall–Kier alpha value is -3.02. The molecule has 0 radical (unpaired) electrons. The third-order valence-electron chi connectivity index (χ3n) is 4.46. The van der Waals surface area contributed by atoms with Crippen molar-refractivity contribution in [3.8, 4) is 11.5 Å². The monoisotopic (exact) mass is 384 g/mol. The van der Waals surface area contributed by atoms with Crippen LogP contribution in [-0.4, -0.2) is 44.0 Å². The lowest BCUT2D eigenvalue weighted by atomic mass is 10.1. The maximum atomic E-state index is 12.1. The summed E-state index contributed by atoms with van der Waals surface area (Å²) < 4.78 is 10.5. The lowest BCUT2D eigenvalue weighted by molar-refractivity contribution is -0.130. The molecule has 2 aromatic rings. The maximum absolute atomic E-state index is 12.1. The number of methoxy groups -OCH3 is 2. The highest BCUT2D eigenvalue weighted by Gasteiger charge is 2.12. The molecule has 6 heteroatoms. The van der Waals surface area contributed by atoms with Gasteiger partial charge in [-0.1, -0.05) is 35.9 Å². The minimum atomic E-state index is -0.0570. The van der Waals surface area contributed by atoms with E-state index in [0.717, 1.165) is 16.7 Å². The van der Waals surface area contributed by atoms with Crippen molar-refractivity contribution in [2.24, 2.45) is 0 Å². The van der Waals surface area contributed by atoms with E-state index in [4.69, 9.17) is 9.47 Å². The topological polar surface area (TPSA) is 67.9 Å². The van der Waals surface area contributed by atoms with Crippen molar-refractivity contribution in [3.05, 3.63) is 59.2 Å². The third kappa shape index (κ3) is 6.30. The van der Waals surface area contributed by atoms with Crippen LogP contribution in [0.1, 0.15) is 23.6 Å². The molecule has 0 aromatic heterocycles. The molecule has 0 bridgehead atoms. The Morgan fingerprint density at radius 1 is 0.964 bits per heavy atom.